The van der Waals surface area contributed by atoms with Crippen LogP contribution in [0.1, 0.15) is 60.7 Å². The first kappa shape index (κ1) is 26.9. The van der Waals surface area contributed by atoms with E-state index in [1.54, 1.807) is 5.57 Å². The molecule has 9 rings (SSSR count). The van der Waals surface area contributed by atoms with Crippen LogP contribution in [0.3, 0.4) is 0 Å². The first-order valence-electron chi connectivity index (χ1n) is 16.2. The molecular formula is C42H34N4. The highest BCUT2D eigenvalue weighted by atomic mass is 15.2. The number of rotatable bonds is 4. The molecule has 1 aliphatic heterocycles. The summed E-state index contributed by atoms with van der Waals surface area (Å²) in [5.74, 6) is 1.56. The minimum absolute atomic E-state index is 0.0441. The molecule has 46 heavy (non-hydrogen) atoms. The number of fused-ring (bicyclic) bond motifs is 5. The van der Waals surface area contributed by atoms with Gasteiger partial charge < -0.3 is 9.88 Å². The van der Waals surface area contributed by atoms with Crippen molar-refractivity contribution >= 4 is 39.1 Å². The lowest BCUT2D eigenvalue weighted by molar-refractivity contribution is 0.608. The monoisotopic (exact) mass is 594 g/mol. The van der Waals surface area contributed by atoms with Crippen molar-refractivity contribution < 1.29 is 0 Å². The largest absolute Gasteiger partial charge is 0.344 e. The highest BCUT2D eigenvalue weighted by molar-refractivity contribution is 6.13. The van der Waals surface area contributed by atoms with Crippen LogP contribution >= 0.6 is 0 Å². The molecule has 4 nitrogen and oxygen atoms in total. The van der Waals surface area contributed by atoms with Crippen LogP contribution in [0.25, 0.3) is 33.1 Å². The van der Waals surface area contributed by atoms with Gasteiger partial charge >= 0.3 is 0 Å². The van der Waals surface area contributed by atoms with Crippen LogP contribution in [-0.4, -0.2) is 16.2 Å². The fourth-order valence-electron chi connectivity index (χ4n) is 7.65. The van der Waals surface area contributed by atoms with Crippen molar-refractivity contribution in [3.63, 3.8) is 0 Å². The Bertz CT molecular complexity index is 2280. The quantitative estimate of drug-likeness (QED) is 0.217. The molecule has 5 aromatic carbocycles. The molecule has 2 heterocycles. The summed E-state index contributed by atoms with van der Waals surface area (Å²) in [6.07, 6.45) is 6.70. The number of aliphatic imine (C=N–C) groups is 2. The lowest BCUT2D eigenvalue weighted by atomic mass is 9.78. The summed E-state index contributed by atoms with van der Waals surface area (Å²) in [7, 11) is 0. The number of amidine groups is 2. The predicted molar refractivity (Wildman–Crippen MR) is 191 cm³/mol. The predicted octanol–water partition coefficient (Wildman–Crippen LogP) is 9.67. The van der Waals surface area contributed by atoms with E-state index in [9.17, 15) is 0 Å². The van der Waals surface area contributed by atoms with E-state index in [0.717, 1.165) is 46.9 Å². The van der Waals surface area contributed by atoms with E-state index in [0.29, 0.717) is 0 Å². The fourth-order valence-corrected chi connectivity index (χ4v) is 7.65. The van der Waals surface area contributed by atoms with Gasteiger partial charge in [0.15, 0.2) is 5.84 Å². The number of para-hydroxylation sites is 1. The van der Waals surface area contributed by atoms with Gasteiger partial charge in [-0.2, -0.15) is 0 Å². The molecule has 1 unspecified atom stereocenters. The molecule has 222 valence electrons. The summed E-state index contributed by atoms with van der Waals surface area (Å²) in [5.41, 5.74) is 12.6. The maximum Gasteiger partial charge on any atom is 0.159 e. The van der Waals surface area contributed by atoms with Crippen molar-refractivity contribution in [1.82, 2.24) is 9.88 Å². The summed E-state index contributed by atoms with van der Waals surface area (Å²) in [5, 5.41) is 6.20. The van der Waals surface area contributed by atoms with Crippen LogP contribution in [-0.2, 0) is 5.41 Å². The molecule has 0 saturated heterocycles. The Hall–Kier alpha value is -5.48. The number of nitrogens with zero attached hydrogens (tertiary/aromatic N) is 3. The van der Waals surface area contributed by atoms with Crippen molar-refractivity contribution in [3.8, 4) is 5.69 Å². The number of hydrogen-bond donors (Lipinski definition) is 1. The third kappa shape index (κ3) is 4.13. The molecule has 0 spiro atoms. The summed E-state index contributed by atoms with van der Waals surface area (Å²) in [6, 6.07) is 43.1. The minimum Gasteiger partial charge on any atom is -0.344 e. The molecule has 0 radical (unpaired) electrons. The molecule has 2 aliphatic carbocycles. The molecule has 0 bridgehead atoms. The van der Waals surface area contributed by atoms with E-state index in [-0.39, 0.29) is 11.6 Å². The average molecular weight is 595 g/mol. The van der Waals surface area contributed by atoms with E-state index in [1.165, 1.54) is 38.5 Å². The first-order valence-corrected chi connectivity index (χ1v) is 16.2. The Labute approximate surface area is 269 Å². The molecule has 6 aromatic rings. The zero-order valence-corrected chi connectivity index (χ0v) is 26.0. The van der Waals surface area contributed by atoms with Gasteiger partial charge in [-0.3, -0.25) is 0 Å². The molecule has 3 aliphatic rings. The Morgan fingerprint density at radius 2 is 1.46 bits per heavy atom. The van der Waals surface area contributed by atoms with Crippen molar-refractivity contribution in [2.24, 2.45) is 9.98 Å². The van der Waals surface area contributed by atoms with Crippen molar-refractivity contribution in [2.75, 3.05) is 0 Å². The second-order valence-electron chi connectivity index (χ2n) is 13.0. The maximum atomic E-state index is 5.08. The Morgan fingerprint density at radius 1 is 0.739 bits per heavy atom. The summed E-state index contributed by atoms with van der Waals surface area (Å²) in [4.78, 5) is 10.0. The topological polar surface area (TPSA) is 41.7 Å². The molecule has 0 fully saturated rings. The van der Waals surface area contributed by atoms with E-state index < -0.39 is 0 Å². The highest BCUT2D eigenvalue weighted by Crippen LogP contribution is 2.52. The van der Waals surface area contributed by atoms with E-state index in [2.05, 4.69) is 121 Å². The SMILES string of the molecule is CC1(C)C2=C(C=CCC2)c2cc3c(cc21)c1ccccc1n3-c1ccc(C2N=C(c3ccccc3)N=C(c3ccccc3)N2)cc1. The van der Waals surface area contributed by atoms with Gasteiger partial charge in [0.05, 0.1) is 11.0 Å². The van der Waals surface area contributed by atoms with E-state index >= 15 is 0 Å². The Balaban J connectivity index is 1.16. The lowest BCUT2D eigenvalue weighted by Gasteiger charge is -2.25. The third-order valence-corrected chi connectivity index (χ3v) is 9.99. The van der Waals surface area contributed by atoms with Gasteiger partial charge in [0.25, 0.3) is 0 Å². The normalized spacial score (nSPS) is 18.3. The van der Waals surface area contributed by atoms with Gasteiger partial charge in [0, 0.05) is 33.0 Å². The van der Waals surface area contributed by atoms with Crippen LogP contribution in [0.5, 0.6) is 0 Å². The summed E-state index contributed by atoms with van der Waals surface area (Å²) >= 11 is 0. The second kappa shape index (κ2) is 10.3. The first-order chi connectivity index (χ1) is 22.6. The van der Waals surface area contributed by atoms with Crippen molar-refractivity contribution in [1.29, 1.82) is 0 Å². The van der Waals surface area contributed by atoms with Gasteiger partial charge in [-0.15, -0.1) is 0 Å². The Kier molecular flexibility index (Phi) is 6.01. The molecule has 4 heteroatoms. The van der Waals surface area contributed by atoms with Gasteiger partial charge in [0.2, 0.25) is 0 Å². The van der Waals surface area contributed by atoms with Gasteiger partial charge in [-0.05, 0) is 65.4 Å². The van der Waals surface area contributed by atoms with Gasteiger partial charge in [-0.25, -0.2) is 9.98 Å². The van der Waals surface area contributed by atoms with Crippen LogP contribution in [0.15, 0.2) is 149 Å². The average Bonchev–Trinajstić information content (AvgIpc) is 3.56. The van der Waals surface area contributed by atoms with Crippen molar-refractivity contribution in [2.45, 2.75) is 38.3 Å². The molecule has 1 N–H and O–H groups in total. The fraction of sp³-hybridized carbons (Fsp3) is 0.143. The van der Waals surface area contributed by atoms with E-state index in [1.807, 2.05) is 36.4 Å². The zero-order valence-electron chi connectivity index (χ0n) is 26.0. The van der Waals surface area contributed by atoms with Gasteiger partial charge in [-0.1, -0.05) is 123 Å². The molecule has 1 atom stereocenters. The Morgan fingerprint density at radius 3 is 2.24 bits per heavy atom. The number of nitrogens with one attached hydrogen (secondary N) is 1. The van der Waals surface area contributed by atoms with Gasteiger partial charge in [0.1, 0.15) is 12.0 Å². The third-order valence-electron chi connectivity index (χ3n) is 9.99. The second-order valence-corrected chi connectivity index (χ2v) is 13.0. The van der Waals surface area contributed by atoms with Crippen LogP contribution in [0.2, 0.25) is 0 Å². The van der Waals surface area contributed by atoms with Crippen LogP contribution in [0.4, 0.5) is 0 Å². The minimum atomic E-state index is -0.260. The smallest absolute Gasteiger partial charge is 0.159 e. The number of hydrogen-bond acceptors (Lipinski definition) is 3. The van der Waals surface area contributed by atoms with Crippen LogP contribution in [0, 0.1) is 0 Å². The summed E-state index contributed by atoms with van der Waals surface area (Å²) in [6.45, 7) is 4.80. The molecule has 0 amide bonds. The molecule has 0 saturated carbocycles. The lowest BCUT2D eigenvalue weighted by Crippen LogP contribution is -2.33. The van der Waals surface area contributed by atoms with Crippen molar-refractivity contribution in [3.05, 3.63) is 167 Å². The number of aromatic nitrogens is 1. The van der Waals surface area contributed by atoms with E-state index in [4.69, 9.17) is 9.98 Å². The highest BCUT2D eigenvalue weighted by Gasteiger charge is 2.38. The maximum absolute atomic E-state index is 5.08. The number of benzene rings is 5. The standard InChI is InChI=1S/C42H34N4/c1-42(2)35-19-11-9-17-31(35)33-26-38-34(25-36(33)42)32-18-10-12-20-37(32)46(38)30-23-21-29(22-24-30)41-44-39(27-13-5-3-6-14-27)43-40(45-41)28-15-7-4-8-16-28/h3-10,12-18,20-26,41H,11,19H2,1-2H3,(H,43,44,45). The molecular weight excluding hydrogens is 560 g/mol. The van der Waals surface area contributed by atoms with Crippen LogP contribution < -0.4 is 5.32 Å². The zero-order chi connectivity index (χ0) is 30.8. The number of allylic oxidation sites excluding steroid dienone is 4. The summed E-state index contributed by atoms with van der Waals surface area (Å²) < 4.78 is 2.43. The molecule has 1 aromatic heterocycles.